The highest BCUT2D eigenvalue weighted by molar-refractivity contribution is 5.94. The van der Waals surface area contributed by atoms with Crippen LogP contribution in [-0.2, 0) is 0 Å². The lowest BCUT2D eigenvalue weighted by Crippen LogP contribution is -2.27. The highest BCUT2D eigenvalue weighted by Gasteiger charge is 2.29. The van der Waals surface area contributed by atoms with Gasteiger partial charge in [-0.2, -0.15) is 9.37 Å². The van der Waals surface area contributed by atoms with Gasteiger partial charge >= 0.3 is 0 Å². The summed E-state index contributed by atoms with van der Waals surface area (Å²) in [5.74, 6) is 1.22. The van der Waals surface area contributed by atoms with E-state index in [9.17, 15) is 9.18 Å². The number of carbonyl (C=O) groups excluding carboxylic acids is 1. The molecule has 2 aliphatic rings. The average Bonchev–Trinajstić information content (AvgIpc) is 3.40. The monoisotopic (exact) mass is 481 g/mol. The third kappa shape index (κ3) is 5.36. The summed E-state index contributed by atoms with van der Waals surface area (Å²) in [5.41, 5.74) is 1.36. The van der Waals surface area contributed by atoms with Crippen molar-refractivity contribution < 1.29 is 23.2 Å². The van der Waals surface area contributed by atoms with E-state index in [1.54, 1.807) is 6.92 Å². The molecule has 1 N–H and O–H groups in total. The molecule has 184 valence electrons. The van der Waals surface area contributed by atoms with Crippen LogP contribution in [0.5, 0.6) is 11.6 Å². The standard InChI is InChI=1S/C25H28FN5O4/c1-15(30-24(32)21-11-29-35-16(21)2)18-5-7-19(8-6-18)34-20-9-10-31(12-20)23-22(26)25(28-14-27-23)33-13-17-3-4-17/h5-8,11,14-15,17,20H,3-4,9-10,12-13H2,1-2H3,(H,30,32)/t15-,20+/m0/s1. The Bertz CT molecular complexity index is 1180. The summed E-state index contributed by atoms with van der Waals surface area (Å²) in [5, 5.41) is 6.58. The second-order valence-corrected chi connectivity index (χ2v) is 9.11. The molecule has 0 spiro atoms. The highest BCUT2D eigenvalue weighted by Crippen LogP contribution is 2.32. The van der Waals surface area contributed by atoms with Gasteiger partial charge in [-0.15, -0.1) is 0 Å². The third-order valence-electron chi connectivity index (χ3n) is 6.36. The number of amides is 1. The first-order valence-corrected chi connectivity index (χ1v) is 11.8. The Kier molecular flexibility index (Phi) is 6.52. The van der Waals surface area contributed by atoms with E-state index in [4.69, 9.17) is 14.0 Å². The molecule has 5 rings (SSSR count). The molecule has 0 unspecified atom stereocenters. The maximum Gasteiger partial charge on any atom is 0.256 e. The summed E-state index contributed by atoms with van der Waals surface area (Å²) in [6, 6.07) is 7.38. The molecule has 10 heteroatoms. The molecule has 1 saturated heterocycles. The van der Waals surface area contributed by atoms with Crippen LogP contribution in [0.4, 0.5) is 10.2 Å². The lowest BCUT2D eigenvalue weighted by molar-refractivity contribution is 0.0938. The minimum absolute atomic E-state index is 0.0160. The van der Waals surface area contributed by atoms with Crippen molar-refractivity contribution in [3.63, 3.8) is 0 Å². The van der Waals surface area contributed by atoms with Crippen LogP contribution in [0.15, 0.2) is 41.3 Å². The van der Waals surface area contributed by atoms with Crippen molar-refractivity contribution in [3.8, 4) is 11.6 Å². The Morgan fingerprint density at radius 1 is 1.26 bits per heavy atom. The molecule has 35 heavy (non-hydrogen) atoms. The molecule has 2 fully saturated rings. The van der Waals surface area contributed by atoms with Crippen LogP contribution in [0, 0.1) is 18.7 Å². The molecule has 9 nitrogen and oxygen atoms in total. The number of hydrogen-bond acceptors (Lipinski definition) is 8. The number of anilines is 1. The van der Waals surface area contributed by atoms with E-state index < -0.39 is 5.82 Å². The van der Waals surface area contributed by atoms with Crippen LogP contribution in [-0.4, -0.2) is 46.8 Å². The van der Waals surface area contributed by atoms with Gasteiger partial charge in [-0.1, -0.05) is 17.3 Å². The molecular formula is C25H28FN5O4. The zero-order valence-electron chi connectivity index (χ0n) is 19.7. The van der Waals surface area contributed by atoms with E-state index in [0.717, 1.165) is 24.8 Å². The molecule has 3 heterocycles. The van der Waals surface area contributed by atoms with Crippen LogP contribution in [0.25, 0.3) is 0 Å². The first-order chi connectivity index (χ1) is 17.0. The fourth-order valence-electron chi connectivity index (χ4n) is 4.07. The SMILES string of the molecule is Cc1oncc1C(=O)N[C@@H](C)c1ccc(O[C@@H]2CCN(c3ncnc(OCC4CC4)c3F)C2)cc1. The highest BCUT2D eigenvalue weighted by atomic mass is 19.1. The molecule has 1 saturated carbocycles. The number of ether oxygens (including phenoxy) is 2. The van der Waals surface area contributed by atoms with Crippen LogP contribution in [0.2, 0.25) is 0 Å². The van der Waals surface area contributed by atoms with Crippen molar-refractivity contribution in [1.82, 2.24) is 20.4 Å². The number of benzene rings is 1. The van der Waals surface area contributed by atoms with Gasteiger partial charge in [-0.05, 0) is 50.3 Å². The molecule has 1 aromatic carbocycles. The van der Waals surface area contributed by atoms with E-state index in [1.165, 1.54) is 12.5 Å². The van der Waals surface area contributed by atoms with Gasteiger partial charge in [-0.25, -0.2) is 4.98 Å². The van der Waals surface area contributed by atoms with Gasteiger partial charge in [0.25, 0.3) is 11.8 Å². The van der Waals surface area contributed by atoms with Crippen molar-refractivity contribution in [2.45, 2.75) is 45.3 Å². The van der Waals surface area contributed by atoms with Gasteiger partial charge in [0.05, 0.1) is 25.4 Å². The number of aryl methyl sites for hydroxylation is 1. The number of nitrogens with zero attached hydrogens (tertiary/aromatic N) is 4. The maximum absolute atomic E-state index is 14.9. The van der Waals surface area contributed by atoms with Gasteiger partial charge < -0.3 is 24.2 Å². The predicted molar refractivity (Wildman–Crippen MR) is 125 cm³/mol. The molecule has 0 radical (unpaired) electrons. The summed E-state index contributed by atoms with van der Waals surface area (Å²) >= 11 is 0. The quantitative estimate of drug-likeness (QED) is 0.492. The summed E-state index contributed by atoms with van der Waals surface area (Å²) in [6.45, 7) is 5.25. The molecule has 2 atom stereocenters. The number of aromatic nitrogens is 3. The fourth-order valence-corrected chi connectivity index (χ4v) is 4.07. The molecule has 0 bridgehead atoms. The van der Waals surface area contributed by atoms with E-state index in [0.29, 0.717) is 42.7 Å². The largest absolute Gasteiger partial charge is 0.489 e. The number of hydrogen-bond donors (Lipinski definition) is 1. The average molecular weight is 482 g/mol. The second-order valence-electron chi connectivity index (χ2n) is 9.11. The van der Waals surface area contributed by atoms with Crippen LogP contribution in [0.1, 0.15) is 53.9 Å². The molecule has 2 aromatic heterocycles. The number of carbonyl (C=O) groups is 1. The maximum atomic E-state index is 14.9. The van der Waals surface area contributed by atoms with Crippen molar-refractivity contribution in [3.05, 3.63) is 59.5 Å². The van der Waals surface area contributed by atoms with Gasteiger partial charge in [0.2, 0.25) is 5.82 Å². The van der Waals surface area contributed by atoms with Crippen molar-refractivity contribution in [2.75, 3.05) is 24.6 Å². The van der Waals surface area contributed by atoms with Gasteiger partial charge in [0.1, 0.15) is 29.5 Å². The Morgan fingerprint density at radius 2 is 2.06 bits per heavy atom. The number of halogens is 1. The Labute approximate surface area is 202 Å². The smallest absolute Gasteiger partial charge is 0.256 e. The number of nitrogens with one attached hydrogen (secondary N) is 1. The molecule has 1 aliphatic carbocycles. The Hall–Kier alpha value is -3.69. The Balaban J connectivity index is 1.15. The van der Waals surface area contributed by atoms with Crippen LogP contribution in [0.3, 0.4) is 0 Å². The molecular weight excluding hydrogens is 453 g/mol. The lowest BCUT2D eigenvalue weighted by Gasteiger charge is -2.19. The van der Waals surface area contributed by atoms with Gasteiger partial charge in [-0.3, -0.25) is 4.79 Å². The molecule has 3 aromatic rings. The third-order valence-corrected chi connectivity index (χ3v) is 6.36. The summed E-state index contributed by atoms with van der Waals surface area (Å²) in [4.78, 5) is 22.3. The van der Waals surface area contributed by atoms with Crippen molar-refractivity contribution >= 4 is 11.7 Å². The zero-order chi connectivity index (χ0) is 24.4. The first kappa shape index (κ1) is 23.1. The Morgan fingerprint density at radius 3 is 2.77 bits per heavy atom. The van der Waals surface area contributed by atoms with Gasteiger partial charge in [0, 0.05) is 13.0 Å². The molecule has 1 amide bonds. The van der Waals surface area contributed by atoms with E-state index in [2.05, 4.69) is 20.4 Å². The fraction of sp³-hybridized carbons (Fsp3) is 0.440. The van der Waals surface area contributed by atoms with Gasteiger partial charge in [0.15, 0.2) is 5.82 Å². The zero-order valence-corrected chi connectivity index (χ0v) is 19.7. The normalized spacial score (nSPS) is 18.4. The van der Waals surface area contributed by atoms with Crippen LogP contribution < -0.4 is 19.7 Å². The second kappa shape index (κ2) is 9.89. The minimum Gasteiger partial charge on any atom is -0.489 e. The molecule has 1 aliphatic heterocycles. The van der Waals surface area contributed by atoms with Crippen molar-refractivity contribution in [1.29, 1.82) is 0 Å². The van der Waals surface area contributed by atoms with E-state index >= 15 is 0 Å². The predicted octanol–water partition coefficient (Wildman–Crippen LogP) is 3.85. The lowest BCUT2D eigenvalue weighted by atomic mass is 10.1. The minimum atomic E-state index is -0.518. The van der Waals surface area contributed by atoms with Crippen molar-refractivity contribution in [2.24, 2.45) is 5.92 Å². The summed E-state index contributed by atoms with van der Waals surface area (Å²) < 4.78 is 31.5. The van der Waals surface area contributed by atoms with E-state index in [1.807, 2.05) is 36.1 Å². The topological polar surface area (TPSA) is 103 Å². The first-order valence-electron chi connectivity index (χ1n) is 11.8. The summed E-state index contributed by atoms with van der Waals surface area (Å²) in [7, 11) is 0. The number of rotatable bonds is 9. The summed E-state index contributed by atoms with van der Waals surface area (Å²) in [6.07, 6.45) is 5.66. The van der Waals surface area contributed by atoms with E-state index in [-0.39, 0.29) is 29.8 Å². The van der Waals surface area contributed by atoms with Crippen LogP contribution >= 0.6 is 0 Å².